The molecule has 16 heavy (non-hydrogen) atoms. The monoisotopic (exact) mass is 246 g/mol. The van der Waals surface area contributed by atoms with Crippen molar-refractivity contribution in [1.82, 2.24) is 0 Å². The Bertz CT molecular complexity index is 235. The van der Waals surface area contributed by atoms with Crippen LogP contribution in [0, 0.1) is 5.92 Å². The maximum absolute atomic E-state index is 8.94. The third-order valence-corrected chi connectivity index (χ3v) is 8.26. The van der Waals surface area contributed by atoms with Gasteiger partial charge in [0.25, 0.3) is 0 Å². The average molecular weight is 246 g/mol. The highest BCUT2D eigenvalue weighted by Gasteiger charge is 2.42. The van der Waals surface area contributed by atoms with E-state index in [0.29, 0.717) is 5.92 Å². The highest BCUT2D eigenvalue weighted by molar-refractivity contribution is 6.74. The number of ether oxygens (including phenoxy) is 1. The van der Waals surface area contributed by atoms with Crippen molar-refractivity contribution in [2.75, 3.05) is 6.61 Å². The molecule has 0 bridgehead atoms. The van der Waals surface area contributed by atoms with Gasteiger partial charge in [0.1, 0.15) is 6.29 Å². The summed E-state index contributed by atoms with van der Waals surface area (Å²) in [5, 5.41) is 9.15. The first-order valence-electron chi connectivity index (χ1n) is 6.11. The molecule has 0 aliphatic heterocycles. The Morgan fingerprint density at radius 3 is 2.31 bits per heavy atom. The van der Waals surface area contributed by atoms with E-state index < -0.39 is 8.32 Å². The van der Waals surface area contributed by atoms with Gasteiger partial charge >= 0.3 is 0 Å². The van der Waals surface area contributed by atoms with Crippen molar-refractivity contribution in [2.45, 2.75) is 64.6 Å². The molecule has 1 N–H and O–H groups in total. The van der Waals surface area contributed by atoms with Crippen molar-refractivity contribution >= 4 is 8.32 Å². The van der Waals surface area contributed by atoms with Crippen molar-refractivity contribution < 1.29 is 14.3 Å². The number of aliphatic hydroxyl groups is 1. The third kappa shape index (κ3) is 3.55. The number of hydrogen-bond acceptors (Lipinski definition) is 3. The fraction of sp³-hybridized carbons (Fsp3) is 1.00. The standard InChI is InChI=1S/C12H26O3Si/c1-9(14-11-7-10(11)8-13)15-16(5,6)12(2,3)4/h9-11,13H,7-8H2,1-6H3. The van der Waals surface area contributed by atoms with Crippen LogP contribution >= 0.6 is 0 Å². The van der Waals surface area contributed by atoms with Crippen LogP contribution in [0.4, 0.5) is 0 Å². The maximum atomic E-state index is 8.94. The lowest BCUT2D eigenvalue weighted by atomic mass is 10.2. The summed E-state index contributed by atoms with van der Waals surface area (Å²) >= 11 is 0. The third-order valence-electron chi connectivity index (χ3n) is 3.73. The first-order valence-corrected chi connectivity index (χ1v) is 9.02. The van der Waals surface area contributed by atoms with E-state index in [1.54, 1.807) is 0 Å². The van der Waals surface area contributed by atoms with E-state index in [1.165, 1.54) is 0 Å². The van der Waals surface area contributed by atoms with Gasteiger partial charge in [-0.05, 0) is 31.5 Å². The lowest BCUT2D eigenvalue weighted by Crippen LogP contribution is -2.44. The molecule has 0 radical (unpaired) electrons. The molecule has 0 spiro atoms. The van der Waals surface area contributed by atoms with E-state index in [2.05, 4.69) is 33.9 Å². The summed E-state index contributed by atoms with van der Waals surface area (Å²) in [6.45, 7) is 13.3. The number of hydrogen-bond donors (Lipinski definition) is 1. The Kier molecular flexibility index (Phi) is 4.22. The SMILES string of the molecule is CC(OC1CC1CO)O[Si](C)(C)C(C)(C)C. The predicted molar refractivity (Wildman–Crippen MR) is 67.8 cm³/mol. The zero-order valence-corrected chi connectivity index (χ0v) is 12.4. The van der Waals surface area contributed by atoms with Crippen molar-refractivity contribution in [3.05, 3.63) is 0 Å². The Hall–Kier alpha value is 0.0969. The van der Waals surface area contributed by atoms with Gasteiger partial charge < -0.3 is 14.3 Å². The van der Waals surface area contributed by atoms with Gasteiger partial charge in [0.15, 0.2) is 8.32 Å². The van der Waals surface area contributed by atoms with Crippen LogP contribution in [0.1, 0.15) is 34.1 Å². The van der Waals surface area contributed by atoms with Crippen LogP contribution < -0.4 is 0 Å². The normalized spacial score (nSPS) is 27.9. The van der Waals surface area contributed by atoms with E-state index in [1.807, 2.05) is 6.92 Å². The predicted octanol–water partition coefficient (Wildman–Crippen LogP) is 2.75. The Morgan fingerprint density at radius 1 is 1.38 bits per heavy atom. The van der Waals surface area contributed by atoms with E-state index in [4.69, 9.17) is 14.3 Å². The lowest BCUT2D eigenvalue weighted by Gasteiger charge is -2.38. The molecule has 0 saturated heterocycles. The molecule has 1 aliphatic rings. The summed E-state index contributed by atoms with van der Waals surface area (Å²) in [6, 6.07) is 0. The molecule has 96 valence electrons. The molecule has 1 saturated carbocycles. The van der Waals surface area contributed by atoms with Gasteiger partial charge in [-0.25, -0.2) is 0 Å². The van der Waals surface area contributed by atoms with Crippen molar-refractivity contribution in [3.8, 4) is 0 Å². The summed E-state index contributed by atoms with van der Waals surface area (Å²) in [7, 11) is -1.73. The van der Waals surface area contributed by atoms with Gasteiger partial charge in [0, 0.05) is 12.5 Å². The second kappa shape index (κ2) is 4.76. The van der Waals surface area contributed by atoms with Gasteiger partial charge in [-0.1, -0.05) is 20.8 Å². The molecule has 0 amide bonds. The fourth-order valence-electron chi connectivity index (χ4n) is 1.44. The molecule has 0 heterocycles. The van der Waals surface area contributed by atoms with Crippen LogP contribution in [-0.2, 0) is 9.16 Å². The highest BCUT2D eigenvalue weighted by atomic mass is 28.4. The number of aliphatic hydroxyl groups excluding tert-OH is 1. The van der Waals surface area contributed by atoms with E-state index in [-0.39, 0.29) is 24.0 Å². The van der Waals surface area contributed by atoms with Gasteiger partial charge in [0.2, 0.25) is 0 Å². The summed E-state index contributed by atoms with van der Waals surface area (Å²) < 4.78 is 11.8. The molecule has 1 aliphatic carbocycles. The first kappa shape index (κ1) is 14.2. The van der Waals surface area contributed by atoms with Gasteiger partial charge in [-0.15, -0.1) is 0 Å². The molecule has 0 aromatic rings. The minimum Gasteiger partial charge on any atom is -0.396 e. The minimum atomic E-state index is -1.73. The van der Waals surface area contributed by atoms with Crippen LogP contribution in [-0.4, -0.2) is 32.4 Å². The molecule has 0 aromatic carbocycles. The van der Waals surface area contributed by atoms with Crippen LogP contribution in [0.3, 0.4) is 0 Å². The minimum absolute atomic E-state index is 0.151. The second-order valence-electron chi connectivity index (χ2n) is 6.30. The lowest BCUT2D eigenvalue weighted by molar-refractivity contribution is -0.0896. The summed E-state index contributed by atoms with van der Waals surface area (Å²) in [6.07, 6.45) is 1.04. The van der Waals surface area contributed by atoms with Crippen LogP contribution in [0.15, 0.2) is 0 Å². The Morgan fingerprint density at radius 2 is 1.94 bits per heavy atom. The molecular weight excluding hydrogens is 220 g/mol. The second-order valence-corrected chi connectivity index (χ2v) is 11.1. The zero-order chi connectivity index (χ0) is 12.6. The quantitative estimate of drug-likeness (QED) is 0.599. The van der Waals surface area contributed by atoms with E-state index in [0.717, 1.165) is 6.42 Å². The number of rotatable bonds is 5. The Balaban J connectivity index is 2.37. The van der Waals surface area contributed by atoms with Crippen molar-refractivity contribution in [3.63, 3.8) is 0 Å². The molecule has 3 atom stereocenters. The summed E-state index contributed by atoms with van der Waals surface area (Å²) in [5.41, 5.74) is 0. The summed E-state index contributed by atoms with van der Waals surface area (Å²) in [4.78, 5) is 0. The topological polar surface area (TPSA) is 38.7 Å². The summed E-state index contributed by atoms with van der Waals surface area (Å²) in [5.74, 6) is 0.338. The van der Waals surface area contributed by atoms with Gasteiger partial charge in [-0.2, -0.15) is 0 Å². The largest absolute Gasteiger partial charge is 0.396 e. The van der Waals surface area contributed by atoms with Gasteiger partial charge in [-0.3, -0.25) is 0 Å². The van der Waals surface area contributed by atoms with Crippen LogP contribution in [0.25, 0.3) is 0 Å². The molecule has 3 unspecified atom stereocenters. The smallest absolute Gasteiger partial charge is 0.195 e. The zero-order valence-electron chi connectivity index (χ0n) is 11.4. The highest BCUT2D eigenvalue weighted by Crippen LogP contribution is 2.39. The molecular formula is C12H26O3Si. The van der Waals surface area contributed by atoms with Gasteiger partial charge in [0.05, 0.1) is 6.10 Å². The molecule has 3 nitrogen and oxygen atoms in total. The first-order chi connectivity index (χ1) is 7.17. The van der Waals surface area contributed by atoms with E-state index >= 15 is 0 Å². The molecule has 0 aromatic heterocycles. The maximum Gasteiger partial charge on any atom is 0.195 e. The van der Waals surface area contributed by atoms with Crippen LogP contribution in [0.2, 0.25) is 18.1 Å². The molecule has 1 fully saturated rings. The average Bonchev–Trinajstić information content (AvgIpc) is 2.79. The molecule has 4 heteroatoms. The molecule has 1 rings (SSSR count). The van der Waals surface area contributed by atoms with Crippen molar-refractivity contribution in [1.29, 1.82) is 0 Å². The van der Waals surface area contributed by atoms with Crippen molar-refractivity contribution in [2.24, 2.45) is 5.92 Å². The van der Waals surface area contributed by atoms with Crippen LogP contribution in [0.5, 0.6) is 0 Å². The van der Waals surface area contributed by atoms with E-state index in [9.17, 15) is 0 Å². The Labute approximate surface area is 100 Å². The fourth-order valence-corrected chi connectivity index (χ4v) is 2.68.